The van der Waals surface area contributed by atoms with Crippen LogP contribution in [-0.2, 0) is 6.42 Å². The first-order valence-electron chi connectivity index (χ1n) is 10.8. The Morgan fingerprint density at radius 3 is 2.33 bits per heavy atom. The molecule has 1 aliphatic heterocycles. The van der Waals surface area contributed by atoms with Gasteiger partial charge in [0.15, 0.2) is 0 Å². The predicted molar refractivity (Wildman–Crippen MR) is 127 cm³/mol. The Morgan fingerprint density at radius 2 is 1.77 bits per heavy atom. The molecular weight excluding hydrogens is 372 g/mol. The second-order valence-electron chi connectivity index (χ2n) is 7.44. The van der Waals surface area contributed by atoms with Crippen molar-refractivity contribution in [1.82, 2.24) is 15.1 Å². The summed E-state index contributed by atoms with van der Waals surface area (Å²) in [7, 11) is 0. The number of nitrogens with zero attached hydrogens (tertiary/aromatic N) is 2. The maximum absolute atomic E-state index is 12.2. The highest BCUT2D eigenvalue weighted by Gasteiger charge is 2.11. The number of benzene rings is 2. The Hall–Kier alpha value is -2.63. The molecule has 162 valence electrons. The molecule has 0 spiro atoms. The fraction of sp³-hybridized carbons (Fsp3) is 0.400. The zero-order chi connectivity index (χ0) is 21.8. The van der Waals surface area contributed by atoms with Gasteiger partial charge in [-0.1, -0.05) is 30.3 Å². The summed E-state index contributed by atoms with van der Waals surface area (Å²) in [4.78, 5) is 16.4. The van der Waals surface area contributed by atoms with E-state index in [9.17, 15) is 4.79 Å². The largest absolute Gasteiger partial charge is 0.399 e. The van der Waals surface area contributed by atoms with Crippen molar-refractivity contribution < 1.29 is 4.79 Å². The van der Waals surface area contributed by atoms with Crippen LogP contribution in [0.5, 0.6) is 0 Å². The van der Waals surface area contributed by atoms with Crippen LogP contribution in [0.25, 0.3) is 0 Å². The maximum Gasteiger partial charge on any atom is 0.253 e. The molecule has 5 heteroatoms. The minimum atomic E-state index is 0.0931. The average Bonchev–Trinajstić information content (AvgIpc) is 2.76. The van der Waals surface area contributed by atoms with Gasteiger partial charge in [0.1, 0.15) is 0 Å². The first kappa shape index (κ1) is 23.6. The molecule has 1 fully saturated rings. The van der Waals surface area contributed by atoms with Crippen molar-refractivity contribution in [2.45, 2.75) is 20.3 Å². The summed E-state index contributed by atoms with van der Waals surface area (Å²) in [5, 5.41) is 3.30. The van der Waals surface area contributed by atoms with Crippen molar-refractivity contribution in [3.05, 3.63) is 77.9 Å². The Balaban J connectivity index is 0.000000297. The first-order valence-corrected chi connectivity index (χ1v) is 10.8. The molecule has 2 aromatic rings. The second-order valence-corrected chi connectivity index (χ2v) is 7.44. The number of nitrogens with one attached hydrogen (secondary N) is 1. The highest BCUT2D eigenvalue weighted by Crippen LogP contribution is 2.14. The van der Waals surface area contributed by atoms with Gasteiger partial charge in [-0.05, 0) is 55.7 Å². The molecule has 2 aromatic carbocycles. The molecule has 0 aliphatic carbocycles. The molecule has 1 saturated heterocycles. The van der Waals surface area contributed by atoms with Gasteiger partial charge in [0.25, 0.3) is 5.91 Å². The summed E-state index contributed by atoms with van der Waals surface area (Å²) >= 11 is 0. The number of rotatable bonds is 7. The number of carbonyl (C=O) groups is 1. The number of nitrogens with two attached hydrogens (primary N) is 1. The first-order chi connectivity index (χ1) is 14.6. The van der Waals surface area contributed by atoms with Crippen LogP contribution in [-0.4, -0.2) is 61.5 Å². The van der Waals surface area contributed by atoms with Gasteiger partial charge in [-0.2, -0.15) is 0 Å². The van der Waals surface area contributed by atoms with E-state index >= 15 is 0 Å². The number of carbonyl (C=O) groups excluding carboxylic acids is 1. The molecule has 0 aromatic heterocycles. The number of amides is 1. The van der Waals surface area contributed by atoms with Gasteiger partial charge in [-0.15, -0.1) is 6.58 Å². The molecule has 0 bridgehead atoms. The summed E-state index contributed by atoms with van der Waals surface area (Å²) in [5.41, 5.74) is 9.67. The van der Waals surface area contributed by atoms with Gasteiger partial charge in [0, 0.05) is 57.1 Å². The SMILES string of the molecule is C=CCN1CCNCC1.CCN(CC)C(=O)c1ccc(Cc2cccc(N)c2)cc1. The van der Waals surface area contributed by atoms with E-state index in [0.717, 1.165) is 50.4 Å². The standard InChI is InChI=1S/C18H22N2O.C7H14N2/c1-3-20(4-2)18(21)16-10-8-14(9-11-16)12-15-6-5-7-17(19)13-15;1-2-5-9-6-3-8-4-7-9/h5-11,13H,3-4,12,19H2,1-2H3;2,8H,1,3-7H2. The Kier molecular flexibility index (Phi) is 10.1. The topological polar surface area (TPSA) is 61.6 Å². The van der Waals surface area contributed by atoms with Crippen LogP contribution < -0.4 is 11.1 Å². The fourth-order valence-corrected chi connectivity index (χ4v) is 3.47. The average molecular weight is 409 g/mol. The van der Waals surface area contributed by atoms with Crippen molar-refractivity contribution in [3.63, 3.8) is 0 Å². The Morgan fingerprint density at radius 1 is 1.10 bits per heavy atom. The van der Waals surface area contributed by atoms with E-state index in [0.29, 0.717) is 0 Å². The van der Waals surface area contributed by atoms with Gasteiger partial charge in [0.2, 0.25) is 0 Å². The smallest absolute Gasteiger partial charge is 0.253 e. The van der Waals surface area contributed by atoms with Crippen LogP contribution in [0.1, 0.15) is 35.3 Å². The van der Waals surface area contributed by atoms with Crippen LogP contribution in [0.2, 0.25) is 0 Å². The zero-order valence-corrected chi connectivity index (χ0v) is 18.4. The molecule has 0 unspecified atom stereocenters. The molecule has 1 amide bonds. The van der Waals surface area contributed by atoms with E-state index in [-0.39, 0.29) is 5.91 Å². The van der Waals surface area contributed by atoms with Crippen molar-refractivity contribution in [2.75, 3.05) is 51.5 Å². The highest BCUT2D eigenvalue weighted by atomic mass is 16.2. The van der Waals surface area contributed by atoms with Gasteiger partial charge in [0.05, 0.1) is 0 Å². The highest BCUT2D eigenvalue weighted by molar-refractivity contribution is 5.94. The second kappa shape index (κ2) is 12.8. The van der Waals surface area contributed by atoms with Crippen LogP contribution >= 0.6 is 0 Å². The number of hydrogen-bond donors (Lipinski definition) is 2. The monoisotopic (exact) mass is 408 g/mol. The maximum atomic E-state index is 12.2. The van der Waals surface area contributed by atoms with Gasteiger partial charge in [-0.25, -0.2) is 0 Å². The molecule has 3 rings (SSSR count). The van der Waals surface area contributed by atoms with E-state index in [1.54, 1.807) is 0 Å². The summed E-state index contributed by atoms with van der Waals surface area (Å²) in [5.74, 6) is 0.0931. The van der Waals surface area contributed by atoms with Crippen LogP contribution in [0.4, 0.5) is 5.69 Å². The molecule has 3 N–H and O–H groups in total. The molecule has 5 nitrogen and oxygen atoms in total. The minimum absolute atomic E-state index is 0.0931. The van der Waals surface area contributed by atoms with Crippen molar-refractivity contribution in [2.24, 2.45) is 0 Å². The van der Waals surface area contributed by atoms with Gasteiger partial charge in [-0.3, -0.25) is 9.69 Å². The van der Waals surface area contributed by atoms with Gasteiger partial charge < -0.3 is 16.0 Å². The minimum Gasteiger partial charge on any atom is -0.399 e. The molecule has 1 heterocycles. The number of nitrogen functional groups attached to an aromatic ring is 1. The third-order valence-electron chi connectivity index (χ3n) is 5.21. The van der Waals surface area contributed by atoms with E-state index in [2.05, 4.69) is 22.9 Å². The summed E-state index contributed by atoms with van der Waals surface area (Å²) in [6.07, 6.45) is 2.79. The number of anilines is 1. The van der Waals surface area contributed by atoms with E-state index in [1.165, 1.54) is 24.2 Å². The molecule has 0 atom stereocenters. The van der Waals surface area contributed by atoms with Crippen LogP contribution in [0.3, 0.4) is 0 Å². The quantitative estimate of drug-likeness (QED) is 0.544. The molecule has 0 radical (unpaired) electrons. The lowest BCUT2D eigenvalue weighted by molar-refractivity contribution is 0.0773. The van der Waals surface area contributed by atoms with Crippen LogP contribution in [0.15, 0.2) is 61.2 Å². The summed E-state index contributed by atoms with van der Waals surface area (Å²) in [6.45, 7) is 14.8. The Bertz CT molecular complexity index is 778. The fourth-order valence-electron chi connectivity index (χ4n) is 3.47. The van der Waals surface area contributed by atoms with E-state index < -0.39 is 0 Å². The molecular formula is C25H36N4O. The summed E-state index contributed by atoms with van der Waals surface area (Å²) in [6, 6.07) is 15.7. The molecule has 0 saturated carbocycles. The Labute approximate surface area is 181 Å². The van der Waals surface area contributed by atoms with Crippen molar-refractivity contribution in [1.29, 1.82) is 0 Å². The predicted octanol–water partition coefficient (Wildman–Crippen LogP) is 3.42. The molecule has 1 aliphatic rings. The third-order valence-corrected chi connectivity index (χ3v) is 5.21. The van der Waals surface area contributed by atoms with E-state index in [4.69, 9.17) is 5.73 Å². The lowest BCUT2D eigenvalue weighted by atomic mass is 10.0. The van der Waals surface area contributed by atoms with Crippen molar-refractivity contribution in [3.8, 4) is 0 Å². The van der Waals surface area contributed by atoms with Crippen molar-refractivity contribution >= 4 is 11.6 Å². The lowest BCUT2D eigenvalue weighted by Gasteiger charge is -2.25. The lowest BCUT2D eigenvalue weighted by Crippen LogP contribution is -2.43. The third kappa shape index (κ3) is 7.65. The number of hydrogen-bond acceptors (Lipinski definition) is 4. The zero-order valence-electron chi connectivity index (χ0n) is 18.4. The van der Waals surface area contributed by atoms with E-state index in [1.807, 2.05) is 67.3 Å². The number of piperazine rings is 1. The van der Waals surface area contributed by atoms with Crippen LogP contribution in [0, 0.1) is 0 Å². The van der Waals surface area contributed by atoms with Gasteiger partial charge >= 0.3 is 0 Å². The molecule has 30 heavy (non-hydrogen) atoms. The summed E-state index contributed by atoms with van der Waals surface area (Å²) < 4.78 is 0. The normalized spacial score (nSPS) is 13.8.